The van der Waals surface area contributed by atoms with Crippen molar-refractivity contribution in [2.75, 3.05) is 38.1 Å². The van der Waals surface area contributed by atoms with E-state index < -0.39 is 11.2 Å². The molecule has 1 aliphatic rings. The average Bonchev–Trinajstić information content (AvgIpc) is 3.07. The van der Waals surface area contributed by atoms with E-state index in [4.69, 9.17) is 0 Å². The molecule has 28 heavy (non-hydrogen) atoms. The predicted molar refractivity (Wildman–Crippen MR) is 106 cm³/mol. The lowest BCUT2D eigenvalue weighted by atomic mass is 10.1. The van der Waals surface area contributed by atoms with Crippen LogP contribution in [0.5, 0.6) is 0 Å². The first-order valence-corrected chi connectivity index (χ1v) is 9.17. The minimum absolute atomic E-state index is 0.0243. The van der Waals surface area contributed by atoms with Gasteiger partial charge in [-0.3, -0.25) is 23.7 Å². The van der Waals surface area contributed by atoms with Gasteiger partial charge in [0.25, 0.3) is 5.56 Å². The second-order valence-corrected chi connectivity index (χ2v) is 7.07. The molecule has 0 spiro atoms. The van der Waals surface area contributed by atoms with Gasteiger partial charge in [0.1, 0.15) is 0 Å². The minimum Gasteiger partial charge on any atom is -0.340 e. The number of piperazine rings is 1. The Labute approximate surface area is 160 Å². The van der Waals surface area contributed by atoms with Gasteiger partial charge in [0.2, 0.25) is 5.95 Å². The second kappa shape index (κ2) is 7.08. The molecule has 9 heteroatoms. The Morgan fingerprint density at radius 1 is 1.07 bits per heavy atom. The number of imidazole rings is 1. The summed E-state index contributed by atoms with van der Waals surface area (Å²) in [7, 11) is 3.61. The molecule has 0 aliphatic carbocycles. The largest absolute Gasteiger partial charge is 0.340 e. The molecule has 3 aromatic rings. The third-order valence-electron chi connectivity index (χ3n) is 5.17. The normalized spacial score (nSPS) is 15.3. The highest BCUT2D eigenvalue weighted by molar-refractivity contribution is 5.96. The number of Topliss-reactive ketones (excluding diaryl/α,β-unsaturated/α-hetero) is 1. The highest BCUT2D eigenvalue weighted by Crippen LogP contribution is 2.21. The van der Waals surface area contributed by atoms with Gasteiger partial charge >= 0.3 is 5.69 Å². The molecule has 4 rings (SSSR count). The summed E-state index contributed by atoms with van der Waals surface area (Å²) >= 11 is 0. The van der Waals surface area contributed by atoms with Crippen LogP contribution >= 0.6 is 0 Å². The number of aromatic amines is 1. The molecule has 0 radical (unpaired) electrons. The summed E-state index contributed by atoms with van der Waals surface area (Å²) in [5.74, 6) is 0.419. The molecule has 1 saturated heterocycles. The number of nitrogens with one attached hydrogen (secondary N) is 1. The van der Waals surface area contributed by atoms with Gasteiger partial charge in [-0.25, -0.2) is 4.79 Å². The Kier molecular flexibility index (Phi) is 4.60. The van der Waals surface area contributed by atoms with Crippen LogP contribution < -0.4 is 16.1 Å². The van der Waals surface area contributed by atoms with Gasteiger partial charge in [-0.1, -0.05) is 30.3 Å². The number of nitrogens with zero attached hydrogens (tertiary/aromatic N) is 5. The first-order valence-electron chi connectivity index (χ1n) is 9.17. The van der Waals surface area contributed by atoms with Crippen molar-refractivity contribution in [2.45, 2.75) is 6.54 Å². The Morgan fingerprint density at radius 3 is 2.43 bits per heavy atom. The number of anilines is 1. The summed E-state index contributed by atoms with van der Waals surface area (Å²) in [5, 5.41) is 0. The molecule has 0 unspecified atom stereocenters. The number of likely N-dealkylation sites (N-methyl/N-ethyl adjacent to an activating group) is 1. The number of benzene rings is 1. The van der Waals surface area contributed by atoms with Crippen molar-refractivity contribution in [3.05, 3.63) is 56.7 Å². The molecule has 146 valence electrons. The van der Waals surface area contributed by atoms with Gasteiger partial charge in [0.05, 0.1) is 6.54 Å². The van der Waals surface area contributed by atoms with Crippen LogP contribution in [0.1, 0.15) is 10.4 Å². The number of aromatic nitrogens is 4. The molecule has 3 heterocycles. The van der Waals surface area contributed by atoms with Crippen LogP contribution in [-0.2, 0) is 13.6 Å². The third kappa shape index (κ3) is 3.13. The fourth-order valence-corrected chi connectivity index (χ4v) is 3.48. The van der Waals surface area contributed by atoms with E-state index in [-0.39, 0.29) is 23.5 Å². The maximum absolute atomic E-state index is 12.8. The molecule has 0 atom stereocenters. The zero-order valence-corrected chi connectivity index (χ0v) is 15.9. The Bertz CT molecular complexity index is 1140. The smallest absolute Gasteiger partial charge is 0.329 e. The van der Waals surface area contributed by atoms with Gasteiger partial charge in [-0.05, 0) is 7.05 Å². The second-order valence-electron chi connectivity index (χ2n) is 7.07. The van der Waals surface area contributed by atoms with Gasteiger partial charge in [-0.2, -0.15) is 4.98 Å². The number of carbonyl (C=O) groups is 1. The van der Waals surface area contributed by atoms with Crippen LogP contribution in [0.25, 0.3) is 11.2 Å². The van der Waals surface area contributed by atoms with Crippen molar-refractivity contribution < 1.29 is 4.79 Å². The molecule has 9 nitrogen and oxygen atoms in total. The first kappa shape index (κ1) is 18.2. The first-order chi connectivity index (χ1) is 13.5. The van der Waals surface area contributed by atoms with Crippen LogP contribution in [0.4, 0.5) is 5.95 Å². The van der Waals surface area contributed by atoms with E-state index in [0.29, 0.717) is 11.5 Å². The summed E-state index contributed by atoms with van der Waals surface area (Å²) in [6.45, 7) is 3.14. The summed E-state index contributed by atoms with van der Waals surface area (Å²) in [6, 6.07) is 8.95. The number of H-pyrrole nitrogens is 1. The molecular weight excluding hydrogens is 360 g/mol. The Balaban J connectivity index is 1.85. The summed E-state index contributed by atoms with van der Waals surface area (Å²) in [5.41, 5.74) is 0.0204. The quantitative estimate of drug-likeness (QED) is 0.641. The summed E-state index contributed by atoms with van der Waals surface area (Å²) in [6.07, 6.45) is 0. The fraction of sp³-hybridized carbons (Fsp3) is 0.368. The van der Waals surface area contributed by atoms with E-state index >= 15 is 0 Å². The van der Waals surface area contributed by atoms with E-state index in [0.717, 1.165) is 26.2 Å². The van der Waals surface area contributed by atoms with E-state index in [1.165, 1.54) is 4.57 Å². The third-order valence-corrected chi connectivity index (χ3v) is 5.17. The van der Waals surface area contributed by atoms with E-state index in [2.05, 4.69) is 19.8 Å². The number of carbonyl (C=O) groups excluding carboxylic acids is 1. The SMILES string of the molecule is CN1CCN(c2nc3c(c(=O)[nH]c(=O)n3C)n2CC(=O)c2ccccc2)CC1. The lowest BCUT2D eigenvalue weighted by Crippen LogP contribution is -2.45. The predicted octanol–water partition coefficient (Wildman–Crippen LogP) is 0.0580. The van der Waals surface area contributed by atoms with Crippen LogP contribution in [-0.4, -0.2) is 63.0 Å². The zero-order valence-electron chi connectivity index (χ0n) is 15.9. The Morgan fingerprint density at radius 2 is 1.75 bits per heavy atom. The van der Waals surface area contributed by atoms with Crippen molar-refractivity contribution in [2.24, 2.45) is 7.05 Å². The van der Waals surface area contributed by atoms with Crippen molar-refractivity contribution >= 4 is 22.9 Å². The molecule has 1 aliphatic heterocycles. The van der Waals surface area contributed by atoms with Gasteiger partial charge in [0, 0.05) is 38.8 Å². The molecule has 1 N–H and O–H groups in total. The number of rotatable bonds is 4. The van der Waals surface area contributed by atoms with Crippen molar-refractivity contribution in [3.8, 4) is 0 Å². The number of ketones is 1. The molecule has 1 fully saturated rings. The van der Waals surface area contributed by atoms with Crippen molar-refractivity contribution in [3.63, 3.8) is 0 Å². The number of aryl methyl sites for hydroxylation is 1. The molecule has 0 bridgehead atoms. The molecule has 1 aromatic carbocycles. The van der Waals surface area contributed by atoms with Crippen molar-refractivity contribution in [1.29, 1.82) is 0 Å². The van der Waals surface area contributed by atoms with E-state index in [9.17, 15) is 14.4 Å². The standard InChI is InChI=1S/C19H22N6O3/c1-22-8-10-24(11-9-22)18-20-16-15(17(27)21-19(28)23(16)2)25(18)12-14(26)13-6-4-3-5-7-13/h3-7H,8-12H2,1-2H3,(H,21,27,28). The van der Waals surface area contributed by atoms with Crippen LogP contribution in [0.2, 0.25) is 0 Å². The van der Waals surface area contributed by atoms with Gasteiger partial charge in [-0.15, -0.1) is 0 Å². The zero-order chi connectivity index (χ0) is 19.8. The highest BCUT2D eigenvalue weighted by atomic mass is 16.2. The number of fused-ring (bicyclic) bond motifs is 1. The van der Waals surface area contributed by atoms with E-state index in [1.807, 2.05) is 13.1 Å². The van der Waals surface area contributed by atoms with Crippen molar-refractivity contribution in [1.82, 2.24) is 24.0 Å². The van der Waals surface area contributed by atoms with Gasteiger partial charge in [0.15, 0.2) is 16.9 Å². The number of hydrogen-bond donors (Lipinski definition) is 1. The topological polar surface area (TPSA) is 96.2 Å². The minimum atomic E-state index is -0.535. The molecule has 0 saturated carbocycles. The fourth-order valence-electron chi connectivity index (χ4n) is 3.48. The molecular formula is C19H22N6O3. The highest BCUT2D eigenvalue weighted by Gasteiger charge is 2.25. The van der Waals surface area contributed by atoms with Crippen LogP contribution in [0.15, 0.2) is 39.9 Å². The van der Waals surface area contributed by atoms with Crippen LogP contribution in [0.3, 0.4) is 0 Å². The Hall–Kier alpha value is -3.20. The maximum atomic E-state index is 12.8. The monoisotopic (exact) mass is 382 g/mol. The summed E-state index contributed by atoms with van der Waals surface area (Å²) in [4.78, 5) is 48.6. The van der Waals surface area contributed by atoms with Crippen LogP contribution in [0, 0.1) is 0 Å². The maximum Gasteiger partial charge on any atom is 0.329 e. The lowest BCUT2D eigenvalue weighted by molar-refractivity contribution is 0.0973. The summed E-state index contributed by atoms with van der Waals surface area (Å²) < 4.78 is 2.94. The lowest BCUT2D eigenvalue weighted by Gasteiger charge is -2.33. The molecule has 2 aromatic heterocycles. The van der Waals surface area contributed by atoms with E-state index in [1.54, 1.807) is 35.9 Å². The van der Waals surface area contributed by atoms with Gasteiger partial charge < -0.3 is 9.80 Å². The molecule has 0 amide bonds. The number of hydrogen-bond acceptors (Lipinski definition) is 6. The average molecular weight is 382 g/mol.